The Morgan fingerprint density at radius 3 is 2.62 bits per heavy atom. The van der Waals surface area contributed by atoms with Crippen LogP contribution in [0.4, 0.5) is 0 Å². The molecule has 0 aromatic carbocycles. The molecule has 1 aliphatic heterocycles. The van der Waals surface area contributed by atoms with Crippen molar-refractivity contribution in [3.63, 3.8) is 0 Å². The van der Waals surface area contributed by atoms with Gasteiger partial charge in [-0.3, -0.25) is 0 Å². The molecule has 1 saturated heterocycles. The Labute approximate surface area is 136 Å². The zero-order valence-electron chi connectivity index (χ0n) is 12.5. The molecule has 2 heterocycles. The predicted molar refractivity (Wildman–Crippen MR) is 87.7 cm³/mol. The van der Waals surface area contributed by atoms with Crippen LogP contribution in [-0.2, 0) is 15.7 Å². The molecular formula is C14H20BrN3O2S. The maximum absolute atomic E-state index is 12.4. The maximum Gasteiger partial charge on any atom is 0.145 e. The van der Waals surface area contributed by atoms with Crippen LogP contribution < -0.4 is 0 Å². The molecule has 2 rings (SSSR count). The van der Waals surface area contributed by atoms with Crippen molar-refractivity contribution in [1.29, 1.82) is 0 Å². The van der Waals surface area contributed by atoms with Crippen LogP contribution in [0, 0.1) is 5.92 Å². The Bertz CT molecular complexity index is 551. The molecule has 0 amide bonds. The van der Waals surface area contributed by atoms with Gasteiger partial charge in [0.2, 0.25) is 0 Å². The second-order valence-corrected chi connectivity index (χ2v) is 8.67. The molecule has 0 aliphatic carbocycles. The highest BCUT2D eigenvalue weighted by Crippen LogP contribution is 2.23. The summed E-state index contributed by atoms with van der Waals surface area (Å²) in [6.07, 6.45) is 3.25. The largest absolute Gasteiger partial charge is 0.381 e. The summed E-state index contributed by atoms with van der Waals surface area (Å²) >= 11 is 3.35. The second-order valence-electron chi connectivity index (χ2n) is 5.95. The number of halogens is 1. The van der Waals surface area contributed by atoms with Crippen molar-refractivity contribution in [2.24, 2.45) is 10.3 Å². The van der Waals surface area contributed by atoms with Crippen LogP contribution in [0.15, 0.2) is 21.4 Å². The van der Waals surface area contributed by atoms with Gasteiger partial charge >= 0.3 is 0 Å². The van der Waals surface area contributed by atoms with Gasteiger partial charge in [0.05, 0.1) is 16.2 Å². The van der Waals surface area contributed by atoms with E-state index >= 15 is 0 Å². The highest BCUT2D eigenvalue weighted by molar-refractivity contribution is 9.10. The summed E-state index contributed by atoms with van der Waals surface area (Å²) in [4.78, 5) is 8.35. The molecule has 0 radical (unpaired) electrons. The Morgan fingerprint density at radius 2 is 2.05 bits per heavy atom. The minimum Gasteiger partial charge on any atom is -0.381 e. The molecule has 116 valence electrons. The zero-order chi connectivity index (χ0) is 15.5. The molecule has 0 saturated carbocycles. The highest BCUT2D eigenvalue weighted by Gasteiger charge is 2.26. The summed E-state index contributed by atoms with van der Waals surface area (Å²) in [5.41, 5.74) is 1.54. The average molecular weight is 374 g/mol. The molecule has 1 aromatic heterocycles. The molecular weight excluding hydrogens is 354 g/mol. The van der Waals surface area contributed by atoms with E-state index in [9.17, 15) is 4.21 Å². The summed E-state index contributed by atoms with van der Waals surface area (Å²) in [7, 11) is -1.30. The fourth-order valence-corrected chi connectivity index (χ4v) is 3.00. The molecule has 21 heavy (non-hydrogen) atoms. The lowest BCUT2D eigenvalue weighted by Gasteiger charge is -2.24. The predicted octanol–water partition coefficient (Wildman–Crippen LogP) is 2.92. The number of aromatic nitrogens is 2. The molecule has 1 unspecified atom stereocenters. The summed E-state index contributed by atoms with van der Waals surface area (Å²) in [5.74, 6) is 0.229. The molecule has 7 heteroatoms. The van der Waals surface area contributed by atoms with Gasteiger partial charge in [0.1, 0.15) is 21.9 Å². The van der Waals surface area contributed by atoms with Crippen molar-refractivity contribution in [3.05, 3.63) is 22.7 Å². The van der Waals surface area contributed by atoms with E-state index in [4.69, 9.17) is 4.74 Å². The highest BCUT2D eigenvalue weighted by atomic mass is 79.9. The molecule has 0 bridgehead atoms. The first-order valence-electron chi connectivity index (χ1n) is 6.94. The van der Waals surface area contributed by atoms with Crippen molar-refractivity contribution in [1.82, 2.24) is 9.97 Å². The Kier molecular flexibility index (Phi) is 5.62. The van der Waals surface area contributed by atoms with Crippen LogP contribution in [0.2, 0.25) is 0 Å². The van der Waals surface area contributed by atoms with Crippen LogP contribution >= 0.6 is 15.9 Å². The number of hydrogen-bond donors (Lipinski definition) is 0. The minimum absolute atomic E-state index is 0.229. The van der Waals surface area contributed by atoms with E-state index in [0.29, 0.717) is 17.8 Å². The van der Waals surface area contributed by atoms with Crippen LogP contribution in [0.1, 0.15) is 39.3 Å². The van der Waals surface area contributed by atoms with Gasteiger partial charge in [-0.2, -0.15) is 4.40 Å². The molecule has 1 aromatic rings. The third kappa shape index (κ3) is 4.66. The Morgan fingerprint density at radius 1 is 1.38 bits per heavy atom. The second kappa shape index (κ2) is 7.07. The quantitative estimate of drug-likeness (QED) is 0.603. The lowest BCUT2D eigenvalue weighted by Crippen LogP contribution is -2.28. The van der Waals surface area contributed by atoms with Gasteiger partial charge in [-0.1, -0.05) is 0 Å². The topological polar surface area (TPSA) is 64.4 Å². The summed E-state index contributed by atoms with van der Waals surface area (Å²) in [6, 6.07) is 1.83. The Hall–Kier alpha value is -0.660. The average Bonchev–Trinajstić information content (AvgIpc) is 2.44. The molecule has 5 nitrogen and oxygen atoms in total. The van der Waals surface area contributed by atoms with Gasteiger partial charge in [0.15, 0.2) is 0 Å². The summed E-state index contributed by atoms with van der Waals surface area (Å²) in [6.45, 7) is 7.18. The fourth-order valence-electron chi connectivity index (χ4n) is 2.00. The molecule has 1 atom stereocenters. The number of hydrogen-bond acceptors (Lipinski definition) is 4. The zero-order valence-corrected chi connectivity index (χ0v) is 14.9. The van der Waals surface area contributed by atoms with E-state index in [2.05, 4.69) is 30.3 Å². The number of nitrogens with zero attached hydrogens (tertiary/aromatic N) is 3. The van der Waals surface area contributed by atoms with Gasteiger partial charge in [0.25, 0.3) is 0 Å². The van der Waals surface area contributed by atoms with E-state index in [0.717, 1.165) is 24.2 Å². The number of rotatable bonds is 3. The fraction of sp³-hybridized carbons (Fsp3) is 0.643. The molecule has 0 N–H and O–H groups in total. The first kappa shape index (κ1) is 16.7. The lowest BCUT2D eigenvalue weighted by atomic mass is 9.93. The van der Waals surface area contributed by atoms with Gasteiger partial charge < -0.3 is 4.74 Å². The Balaban J connectivity index is 2.39. The standard InChI is InChI=1S/C14H20BrN3O2S/c1-14(2,3)21(19)18-13(10-4-6-20-7-5-10)11-8-12(15)17-9-16-11/h8-10H,4-7H2,1-3H3/b18-13-. The number of ether oxygens (including phenoxy) is 1. The van der Waals surface area contributed by atoms with Crippen LogP contribution in [0.3, 0.4) is 0 Å². The summed E-state index contributed by atoms with van der Waals surface area (Å²) < 4.78 is 22.6. The normalized spacial score (nSPS) is 19.5. The molecule has 1 fully saturated rings. The van der Waals surface area contributed by atoms with E-state index in [1.165, 1.54) is 6.33 Å². The van der Waals surface area contributed by atoms with Gasteiger partial charge in [0, 0.05) is 19.1 Å². The SMILES string of the molecule is CC(C)(C)S(=O)/N=C(\c1cc(Br)ncn1)C1CCOCC1. The summed E-state index contributed by atoms with van der Waals surface area (Å²) in [5, 5.41) is 0. The van der Waals surface area contributed by atoms with Crippen LogP contribution in [-0.4, -0.2) is 37.8 Å². The first-order valence-corrected chi connectivity index (χ1v) is 8.84. The van der Waals surface area contributed by atoms with Crippen LogP contribution in [0.25, 0.3) is 0 Å². The maximum atomic E-state index is 12.4. The van der Waals surface area contributed by atoms with Gasteiger partial charge in [-0.15, -0.1) is 0 Å². The monoisotopic (exact) mass is 373 g/mol. The lowest BCUT2D eigenvalue weighted by molar-refractivity contribution is 0.0829. The van der Waals surface area contributed by atoms with Crippen LogP contribution in [0.5, 0.6) is 0 Å². The van der Waals surface area contributed by atoms with E-state index < -0.39 is 11.0 Å². The smallest absolute Gasteiger partial charge is 0.145 e. The van der Waals surface area contributed by atoms with Crippen molar-refractivity contribution in [3.8, 4) is 0 Å². The van der Waals surface area contributed by atoms with Crippen molar-refractivity contribution in [2.75, 3.05) is 13.2 Å². The van der Waals surface area contributed by atoms with Crippen molar-refractivity contribution >= 4 is 32.6 Å². The molecule has 0 spiro atoms. The third-order valence-electron chi connectivity index (χ3n) is 3.21. The van der Waals surface area contributed by atoms with Gasteiger partial charge in [-0.05, 0) is 55.6 Å². The van der Waals surface area contributed by atoms with E-state index in [1.54, 1.807) is 0 Å². The first-order chi connectivity index (χ1) is 9.88. The minimum atomic E-state index is -1.30. The van der Waals surface area contributed by atoms with Gasteiger partial charge in [-0.25, -0.2) is 14.2 Å². The van der Waals surface area contributed by atoms with Crippen molar-refractivity contribution in [2.45, 2.75) is 38.4 Å². The molecule has 1 aliphatic rings. The van der Waals surface area contributed by atoms with E-state index in [-0.39, 0.29) is 10.7 Å². The van der Waals surface area contributed by atoms with E-state index in [1.807, 2.05) is 26.8 Å². The third-order valence-corrected chi connectivity index (χ3v) is 5.05. The van der Waals surface area contributed by atoms with Crippen molar-refractivity contribution < 1.29 is 8.95 Å².